The number of ether oxygens (including phenoxy) is 1. The smallest absolute Gasteiger partial charge is 0.193 e. The molecule has 0 aromatic heterocycles. The molecular weight excluding hydrogens is 278 g/mol. The average Bonchev–Trinajstić information content (AvgIpc) is 2.57. The van der Waals surface area contributed by atoms with Crippen LogP contribution in [-0.2, 0) is 0 Å². The Morgan fingerprint density at radius 2 is 1.86 bits per heavy atom. The van der Waals surface area contributed by atoms with E-state index in [-0.39, 0.29) is 12.5 Å². The van der Waals surface area contributed by atoms with Crippen molar-refractivity contribution in [2.75, 3.05) is 25.6 Å². The summed E-state index contributed by atoms with van der Waals surface area (Å²) < 4.78 is 5.25. The number of anilines is 1. The number of nitrogens with zero attached hydrogens (tertiary/aromatic N) is 1. The van der Waals surface area contributed by atoms with Crippen molar-refractivity contribution in [3.05, 3.63) is 60.2 Å². The molecule has 2 rings (SSSR count). The van der Waals surface area contributed by atoms with E-state index in [0.717, 1.165) is 11.3 Å². The summed E-state index contributed by atoms with van der Waals surface area (Å²) in [5.74, 6) is 0.917. The first-order chi connectivity index (χ1) is 10.7. The van der Waals surface area contributed by atoms with Gasteiger partial charge in [-0.05, 0) is 17.7 Å². The van der Waals surface area contributed by atoms with Gasteiger partial charge in [-0.25, -0.2) is 0 Å². The number of rotatable bonds is 6. The third-order valence-corrected chi connectivity index (χ3v) is 3.34. The molecule has 0 radical (unpaired) electrons. The van der Waals surface area contributed by atoms with Crippen LogP contribution in [0.2, 0.25) is 0 Å². The number of aliphatic hydroxyl groups is 1. The second-order valence-electron chi connectivity index (χ2n) is 4.84. The van der Waals surface area contributed by atoms with Gasteiger partial charge in [0.1, 0.15) is 5.75 Å². The molecule has 116 valence electrons. The molecule has 0 amide bonds. The lowest BCUT2D eigenvalue weighted by Crippen LogP contribution is -2.24. The number of para-hydroxylation sites is 2. The van der Waals surface area contributed by atoms with E-state index in [9.17, 15) is 5.11 Å². The van der Waals surface area contributed by atoms with Gasteiger partial charge < -0.3 is 20.9 Å². The molecule has 0 aliphatic heterocycles. The lowest BCUT2D eigenvalue weighted by Gasteiger charge is -2.13. The molecule has 1 atom stereocenters. The maximum atomic E-state index is 9.51. The van der Waals surface area contributed by atoms with Gasteiger partial charge in [0.15, 0.2) is 5.96 Å². The van der Waals surface area contributed by atoms with E-state index in [1.54, 1.807) is 7.11 Å². The first-order valence-corrected chi connectivity index (χ1v) is 7.10. The van der Waals surface area contributed by atoms with Crippen molar-refractivity contribution in [3.8, 4) is 5.75 Å². The first kappa shape index (κ1) is 15.9. The number of nitrogens with two attached hydrogens (primary N) is 1. The molecule has 0 saturated heterocycles. The summed E-state index contributed by atoms with van der Waals surface area (Å²) in [5.41, 5.74) is 7.71. The van der Waals surface area contributed by atoms with Gasteiger partial charge in [0, 0.05) is 5.92 Å². The fourth-order valence-electron chi connectivity index (χ4n) is 2.13. The van der Waals surface area contributed by atoms with Crippen LogP contribution in [0.15, 0.2) is 59.6 Å². The second-order valence-corrected chi connectivity index (χ2v) is 4.84. The van der Waals surface area contributed by atoms with Gasteiger partial charge in [-0.3, -0.25) is 4.99 Å². The maximum Gasteiger partial charge on any atom is 0.193 e. The van der Waals surface area contributed by atoms with Crippen molar-refractivity contribution in [1.29, 1.82) is 0 Å². The van der Waals surface area contributed by atoms with E-state index >= 15 is 0 Å². The van der Waals surface area contributed by atoms with E-state index in [2.05, 4.69) is 10.3 Å². The van der Waals surface area contributed by atoms with Crippen LogP contribution < -0.4 is 15.8 Å². The van der Waals surface area contributed by atoms with Crippen molar-refractivity contribution >= 4 is 11.6 Å². The van der Waals surface area contributed by atoms with Crippen molar-refractivity contribution in [2.24, 2.45) is 10.7 Å². The number of nitrogens with one attached hydrogen (secondary N) is 1. The number of methoxy groups -OCH3 is 1. The molecule has 2 aromatic carbocycles. The van der Waals surface area contributed by atoms with Crippen LogP contribution >= 0.6 is 0 Å². The topological polar surface area (TPSA) is 79.9 Å². The standard InChI is InChI=1S/C17H21N3O2/c1-22-16-10-6-5-9-15(16)20-17(18)19-11-14(12-21)13-7-3-2-4-8-13/h2-10,14,21H,11-12H2,1H3,(H3,18,19,20). The molecule has 0 heterocycles. The Bertz CT molecular complexity index is 614. The number of benzene rings is 2. The molecule has 0 bridgehead atoms. The van der Waals surface area contributed by atoms with Gasteiger partial charge in [0.05, 0.1) is 25.9 Å². The van der Waals surface area contributed by atoms with Crippen LogP contribution in [0.4, 0.5) is 5.69 Å². The molecule has 0 fully saturated rings. The average molecular weight is 299 g/mol. The predicted molar refractivity (Wildman–Crippen MR) is 89.4 cm³/mol. The van der Waals surface area contributed by atoms with Crippen LogP contribution in [0.1, 0.15) is 11.5 Å². The summed E-state index contributed by atoms with van der Waals surface area (Å²) in [6, 6.07) is 17.3. The normalized spacial score (nSPS) is 12.7. The summed E-state index contributed by atoms with van der Waals surface area (Å²) >= 11 is 0. The van der Waals surface area contributed by atoms with Crippen LogP contribution in [-0.4, -0.2) is 31.3 Å². The quantitative estimate of drug-likeness (QED) is 0.564. The monoisotopic (exact) mass is 299 g/mol. The lowest BCUT2D eigenvalue weighted by molar-refractivity contribution is 0.268. The Morgan fingerprint density at radius 3 is 2.55 bits per heavy atom. The number of aliphatic hydroxyl groups excluding tert-OH is 1. The minimum absolute atomic E-state index is 0.0233. The van der Waals surface area contributed by atoms with Crippen molar-refractivity contribution < 1.29 is 9.84 Å². The van der Waals surface area contributed by atoms with E-state index < -0.39 is 0 Å². The fourth-order valence-corrected chi connectivity index (χ4v) is 2.13. The minimum Gasteiger partial charge on any atom is -0.495 e. The van der Waals surface area contributed by atoms with E-state index in [4.69, 9.17) is 10.5 Å². The molecule has 0 aliphatic rings. The van der Waals surface area contributed by atoms with Gasteiger partial charge in [0.2, 0.25) is 0 Å². The van der Waals surface area contributed by atoms with Crippen LogP contribution in [0.3, 0.4) is 0 Å². The third kappa shape index (κ3) is 4.23. The SMILES string of the molecule is COc1ccccc1NC(N)=NCC(CO)c1ccccc1. The van der Waals surface area contributed by atoms with E-state index in [1.165, 1.54) is 0 Å². The molecular formula is C17H21N3O2. The van der Waals surface area contributed by atoms with Gasteiger partial charge in [-0.1, -0.05) is 42.5 Å². The summed E-state index contributed by atoms with van der Waals surface area (Å²) in [6.45, 7) is 0.434. The van der Waals surface area contributed by atoms with Crippen LogP contribution in [0.25, 0.3) is 0 Å². The van der Waals surface area contributed by atoms with Crippen molar-refractivity contribution in [2.45, 2.75) is 5.92 Å². The van der Waals surface area contributed by atoms with Gasteiger partial charge in [-0.2, -0.15) is 0 Å². The maximum absolute atomic E-state index is 9.51. The Labute approximate surface area is 130 Å². The molecule has 5 nitrogen and oxygen atoms in total. The molecule has 4 N–H and O–H groups in total. The Morgan fingerprint density at radius 1 is 1.18 bits per heavy atom. The summed E-state index contributed by atoms with van der Waals surface area (Å²) in [5, 5.41) is 12.5. The van der Waals surface area contributed by atoms with Crippen LogP contribution in [0.5, 0.6) is 5.75 Å². The van der Waals surface area contributed by atoms with Gasteiger partial charge in [0.25, 0.3) is 0 Å². The molecule has 2 aromatic rings. The minimum atomic E-state index is -0.0702. The van der Waals surface area contributed by atoms with Gasteiger partial charge in [-0.15, -0.1) is 0 Å². The molecule has 1 unspecified atom stereocenters. The van der Waals surface area contributed by atoms with E-state index in [0.29, 0.717) is 18.3 Å². The predicted octanol–water partition coefficient (Wildman–Crippen LogP) is 2.20. The molecule has 5 heteroatoms. The zero-order chi connectivity index (χ0) is 15.8. The molecule has 0 aliphatic carbocycles. The summed E-state index contributed by atoms with van der Waals surface area (Å²) in [7, 11) is 1.60. The molecule has 0 spiro atoms. The molecule has 0 saturated carbocycles. The zero-order valence-electron chi connectivity index (χ0n) is 12.6. The zero-order valence-corrected chi connectivity index (χ0v) is 12.6. The highest BCUT2D eigenvalue weighted by Gasteiger charge is 2.10. The highest BCUT2D eigenvalue weighted by molar-refractivity contribution is 5.93. The van der Waals surface area contributed by atoms with Gasteiger partial charge >= 0.3 is 0 Å². The Kier molecular flexibility index (Phi) is 5.80. The molecule has 22 heavy (non-hydrogen) atoms. The third-order valence-electron chi connectivity index (χ3n) is 3.34. The summed E-state index contributed by atoms with van der Waals surface area (Å²) in [4.78, 5) is 4.31. The number of guanidine groups is 1. The number of aliphatic imine (C=N–C) groups is 1. The highest BCUT2D eigenvalue weighted by Crippen LogP contribution is 2.22. The number of hydrogen-bond acceptors (Lipinski definition) is 3. The number of hydrogen-bond donors (Lipinski definition) is 3. The Hall–Kier alpha value is -2.53. The summed E-state index contributed by atoms with van der Waals surface area (Å²) in [6.07, 6.45) is 0. The second kappa shape index (κ2) is 8.05. The van der Waals surface area contributed by atoms with E-state index in [1.807, 2.05) is 54.6 Å². The lowest BCUT2D eigenvalue weighted by atomic mass is 10.0. The van der Waals surface area contributed by atoms with Crippen molar-refractivity contribution in [1.82, 2.24) is 0 Å². The highest BCUT2D eigenvalue weighted by atomic mass is 16.5. The first-order valence-electron chi connectivity index (χ1n) is 7.10. The largest absolute Gasteiger partial charge is 0.495 e. The van der Waals surface area contributed by atoms with Crippen molar-refractivity contribution in [3.63, 3.8) is 0 Å². The Balaban J connectivity index is 2.02. The fraction of sp³-hybridized carbons (Fsp3) is 0.235. The van der Waals surface area contributed by atoms with Crippen LogP contribution in [0, 0.1) is 0 Å².